The number of hydrogen-bond donors (Lipinski definition) is 0. The second-order valence-corrected chi connectivity index (χ2v) is 8.97. The maximum atomic E-state index is 6.44. The molecule has 0 aromatic carbocycles. The standard InChI is InChI=1S/C24H34N2O2/c1-9-16(4)24(8)17(5)27-20-14-18(24)21(19-13-15(3)11-12-25-19)22(26-20)28-23(6,7)10-2/h11-14,16-17H,9-10H2,1-8H3. The Morgan fingerprint density at radius 3 is 2.61 bits per heavy atom. The van der Waals surface area contributed by atoms with Crippen LogP contribution < -0.4 is 9.47 Å². The van der Waals surface area contributed by atoms with E-state index in [1.807, 2.05) is 12.3 Å². The number of pyridine rings is 2. The van der Waals surface area contributed by atoms with Crippen LogP contribution in [0.2, 0.25) is 0 Å². The number of nitrogens with zero attached hydrogens (tertiary/aromatic N) is 2. The lowest BCUT2D eigenvalue weighted by atomic mass is 9.66. The Labute approximate surface area is 169 Å². The Hall–Kier alpha value is -2.10. The lowest BCUT2D eigenvalue weighted by Crippen LogP contribution is -2.47. The fourth-order valence-corrected chi connectivity index (χ4v) is 3.93. The number of hydrogen-bond acceptors (Lipinski definition) is 4. The summed E-state index contributed by atoms with van der Waals surface area (Å²) in [4.78, 5) is 9.46. The molecular weight excluding hydrogens is 348 g/mol. The van der Waals surface area contributed by atoms with Crippen LogP contribution in [-0.4, -0.2) is 21.7 Å². The molecule has 3 unspecified atom stereocenters. The van der Waals surface area contributed by atoms with Gasteiger partial charge < -0.3 is 9.47 Å². The first-order valence-electron chi connectivity index (χ1n) is 10.5. The maximum Gasteiger partial charge on any atom is 0.227 e. The highest BCUT2D eigenvalue weighted by Crippen LogP contribution is 2.50. The normalized spacial score (nSPS) is 22.5. The van der Waals surface area contributed by atoms with Crippen molar-refractivity contribution in [3.8, 4) is 23.0 Å². The Morgan fingerprint density at radius 1 is 1.29 bits per heavy atom. The average Bonchev–Trinajstić information content (AvgIpc) is 2.65. The van der Waals surface area contributed by atoms with Gasteiger partial charge in [0.15, 0.2) is 0 Å². The van der Waals surface area contributed by atoms with Crippen LogP contribution in [0, 0.1) is 12.8 Å². The van der Waals surface area contributed by atoms with Gasteiger partial charge in [0.25, 0.3) is 0 Å². The molecule has 2 aromatic rings. The van der Waals surface area contributed by atoms with Gasteiger partial charge in [-0.15, -0.1) is 0 Å². The second-order valence-electron chi connectivity index (χ2n) is 8.97. The highest BCUT2D eigenvalue weighted by molar-refractivity contribution is 5.73. The van der Waals surface area contributed by atoms with E-state index >= 15 is 0 Å². The monoisotopic (exact) mass is 382 g/mol. The van der Waals surface area contributed by atoms with E-state index < -0.39 is 0 Å². The van der Waals surface area contributed by atoms with Crippen molar-refractivity contribution in [2.75, 3.05) is 0 Å². The molecule has 0 aliphatic carbocycles. The molecule has 2 bridgehead atoms. The molecule has 2 aromatic heterocycles. The predicted octanol–water partition coefficient (Wildman–Crippen LogP) is 6.10. The lowest BCUT2D eigenvalue weighted by Gasteiger charge is -2.45. The first-order valence-corrected chi connectivity index (χ1v) is 10.5. The summed E-state index contributed by atoms with van der Waals surface area (Å²) in [7, 11) is 0. The van der Waals surface area contributed by atoms with E-state index in [1.165, 1.54) is 11.1 Å². The summed E-state index contributed by atoms with van der Waals surface area (Å²) in [5.41, 5.74) is 3.85. The van der Waals surface area contributed by atoms with Crippen molar-refractivity contribution < 1.29 is 9.47 Å². The molecule has 0 amide bonds. The van der Waals surface area contributed by atoms with E-state index in [9.17, 15) is 0 Å². The van der Waals surface area contributed by atoms with Crippen LogP contribution in [0.25, 0.3) is 11.3 Å². The SMILES string of the molecule is CCC(C)C1(C)c2cc(nc(OC(C)(C)CC)c2-c2cc(C)ccn2)OC1C. The molecule has 3 rings (SSSR count). The van der Waals surface area contributed by atoms with Crippen molar-refractivity contribution in [1.82, 2.24) is 9.97 Å². The minimum atomic E-state index is -0.320. The van der Waals surface area contributed by atoms with Crippen LogP contribution in [0.1, 0.15) is 72.4 Å². The molecule has 1 aliphatic heterocycles. The highest BCUT2D eigenvalue weighted by Gasteiger charge is 2.45. The van der Waals surface area contributed by atoms with E-state index in [0.717, 1.165) is 24.1 Å². The number of aromatic nitrogens is 2. The smallest absolute Gasteiger partial charge is 0.227 e. The molecule has 0 saturated heterocycles. The van der Waals surface area contributed by atoms with Gasteiger partial charge in [-0.3, -0.25) is 4.98 Å². The quantitative estimate of drug-likeness (QED) is 0.605. The molecule has 0 spiro atoms. The van der Waals surface area contributed by atoms with Crippen molar-refractivity contribution in [3.05, 3.63) is 35.5 Å². The van der Waals surface area contributed by atoms with Gasteiger partial charge in [-0.2, -0.15) is 4.98 Å². The molecule has 1 aliphatic rings. The van der Waals surface area contributed by atoms with Crippen molar-refractivity contribution in [2.45, 2.75) is 85.4 Å². The van der Waals surface area contributed by atoms with Gasteiger partial charge in [-0.25, -0.2) is 0 Å². The Bertz CT molecular complexity index is 862. The van der Waals surface area contributed by atoms with Gasteiger partial charge >= 0.3 is 0 Å². The third-order valence-electron chi connectivity index (χ3n) is 6.72. The zero-order valence-electron chi connectivity index (χ0n) is 18.6. The third kappa shape index (κ3) is 3.49. The highest BCUT2D eigenvalue weighted by atomic mass is 16.5. The van der Waals surface area contributed by atoms with Gasteiger partial charge in [-0.1, -0.05) is 34.1 Å². The predicted molar refractivity (Wildman–Crippen MR) is 114 cm³/mol. The molecule has 4 nitrogen and oxygen atoms in total. The molecule has 3 heterocycles. The molecule has 0 saturated carbocycles. The van der Waals surface area contributed by atoms with Crippen molar-refractivity contribution in [2.24, 2.45) is 5.92 Å². The average molecular weight is 383 g/mol. The maximum absolute atomic E-state index is 6.44. The number of rotatable bonds is 6. The van der Waals surface area contributed by atoms with Crippen LogP contribution in [0.5, 0.6) is 11.8 Å². The topological polar surface area (TPSA) is 44.2 Å². The summed E-state index contributed by atoms with van der Waals surface area (Å²) in [6, 6.07) is 6.24. The summed E-state index contributed by atoms with van der Waals surface area (Å²) in [5.74, 6) is 1.70. The Morgan fingerprint density at radius 2 is 2.00 bits per heavy atom. The lowest BCUT2D eigenvalue weighted by molar-refractivity contribution is 0.0655. The Balaban J connectivity index is 2.31. The number of fused-ring (bicyclic) bond motifs is 2. The van der Waals surface area contributed by atoms with Crippen molar-refractivity contribution in [1.29, 1.82) is 0 Å². The van der Waals surface area contributed by atoms with Gasteiger partial charge in [0, 0.05) is 17.7 Å². The summed E-state index contributed by atoms with van der Waals surface area (Å²) in [5, 5.41) is 0. The Kier molecular flexibility index (Phi) is 5.44. The van der Waals surface area contributed by atoms with Crippen LogP contribution in [0.4, 0.5) is 0 Å². The van der Waals surface area contributed by atoms with Gasteiger partial charge in [0.1, 0.15) is 11.7 Å². The zero-order chi connectivity index (χ0) is 20.7. The molecule has 0 radical (unpaired) electrons. The van der Waals surface area contributed by atoms with Crippen LogP contribution in [-0.2, 0) is 5.41 Å². The number of ether oxygens (including phenoxy) is 2. The first kappa shape index (κ1) is 20.6. The fourth-order valence-electron chi connectivity index (χ4n) is 3.93. The second kappa shape index (κ2) is 7.38. The molecule has 152 valence electrons. The van der Waals surface area contributed by atoms with E-state index in [2.05, 4.69) is 67.5 Å². The van der Waals surface area contributed by atoms with Crippen molar-refractivity contribution >= 4 is 0 Å². The van der Waals surface area contributed by atoms with Gasteiger partial charge in [-0.05, 0) is 63.3 Å². The van der Waals surface area contributed by atoms with E-state index in [4.69, 9.17) is 19.4 Å². The molecule has 4 heteroatoms. The summed E-state index contributed by atoms with van der Waals surface area (Å²) in [6.07, 6.45) is 3.85. The van der Waals surface area contributed by atoms with Crippen LogP contribution in [0.3, 0.4) is 0 Å². The zero-order valence-corrected chi connectivity index (χ0v) is 18.6. The van der Waals surface area contributed by atoms with Gasteiger partial charge in [0.05, 0.1) is 11.3 Å². The molecule has 28 heavy (non-hydrogen) atoms. The molecule has 3 atom stereocenters. The van der Waals surface area contributed by atoms with Crippen LogP contribution in [0.15, 0.2) is 24.4 Å². The summed E-state index contributed by atoms with van der Waals surface area (Å²) >= 11 is 0. The first-order chi connectivity index (χ1) is 13.1. The third-order valence-corrected chi connectivity index (χ3v) is 6.72. The molecule has 0 N–H and O–H groups in total. The summed E-state index contributed by atoms with van der Waals surface area (Å²) < 4.78 is 12.7. The van der Waals surface area contributed by atoms with Gasteiger partial charge in [0.2, 0.25) is 11.8 Å². The van der Waals surface area contributed by atoms with E-state index in [0.29, 0.717) is 17.7 Å². The minimum absolute atomic E-state index is 0.0294. The summed E-state index contributed by atoms with van der Waals surface area (Å²) in [6.45, 7) is 17.4. The van der Waals surface area contributed by atoms with Crippen molar-refractivity contribution in [3.63, 3.8) is 0 Å². The molecular formula is C24H34N2O2. The number of aryl methyl sites for hydroxylation is 1. The fraction of sp³-hybridized carbons (Fsp3) is 0.583. The molecule has 0 fully saturated rings. The van der Waals surface area contributed by atoms with Crippen LogP contribution >= 0.6 is 0 Å². The largest absolute Gasteiger partial charge is 0.474 e. The van der Waals surface area contributed by atoms with E-state index in [1.54, 1.807) is 0 Å². The minimum Gasteiger partial charge on any atom is -0.474 e. The van der Waals surface area contributed by atoms with E-state index in [-0.39, 0.29) is 17.1 Å².